The second kappa shape index (κ2) is 9.85. The zero-order chi connectivity index (χ0) is 25.4. The van der Waals surface area contributed by atoms with Crippen molar-refractivity contribution in [3.8, 4) is 5.75 Å². The van der Waals surface area contributed by atoms with Crippen LogP contribution >= 0.6 is 0 Å². The molecule has 0 radical (unpaired) electrons. The van der Waals surface area contributed by atoms with Crippen molar-refractivity contribution in [3.63, 3.8) is 0 Å². The van der Waals surface area contributed by atoms with Crippen LogP contribution in [0.4, 0.5) is 4.39 Å². The van der Waals surface area contributed by atoms with Gasteiger partial charge < -0.3 is 9.47 Å². The third-order valence-electron chi connectivity index (χ3n) is 7.36. The highest BCUT2D eigenvalue weighted by molar-refractivity contribution is 7.93. The van der Waals surface area contributed by atoms with Gasteiger partial charge in [0, 0.05) is 25.7 Å². The number of nitrogens with one attached hydrogen (secondary N) is 1. The van der Waals surface area contributed by atoms with E-state index in [1.807, 2.05) is 18.2 Å². The maximum Gasteiger partial charge on any atom is 0.257 e. The number of likely N-dealkylation sites (tertiary alicyclic amines) is 1. The first kappa shape index (κ1) is 24.0. The van der Waals surface area contributed by atoms with Crippen LogP contribution in [0, 0.1) is 5.82 Å². The van der Waals surface area contributed by atoms with Crippen molar-refractivity contribution >= 4 is 21.8 Å². The lowest BCUT2D eigenvalue weighted by molar-refractivity contribution is -0.114. The maximum absolute atomic E-state index is 13.8. The molecule has 1 spiro atoms. The molecule has 8 heteroatoms. The number of hydrogen-bond acceptors (Lipinski definition) is 5. The molecule has 3 aliphatic rings. The molecular weight excluding hydrogens is 491 g/mol. The van der Waals surface area contributed by atoms with E-state index in [0.717, 1.165) is 54.7 Å². The summed E-state index contributed by atoms with van der Waals surface area (Å²) in [5.41, 5.74) is 4.84. The van der Waals surface area contributed by atoms with Crippen molar-refractivity contribution in [2.24, 2.45) is 0 Å². The van der Waals surface area contributed by atoms with Crippen LogP contribution in [0.2, 0.25) is 0 Å². The molecule has 1 amide bonds. The first-order valence-electron chi connectivity index (χ1n) is 12.4. The van der Waals surface area contributed by atoms with Gasteiger partial charge in [0.15, 0.2) is 11.0 Å². The number of benzene rings is 3. The van der Waals surface area contributed by atoms with Gasteiger partial charge in [-0.05, 0) is 64.9 Å². The zero-order valence-electron chi connectivity index (χ0n) is 20.2. The Morgan fingerprint density at radius 2 is 1.73 bits per heavy atom. The van der Waals surface area contributed by atoms with Crippen molar-refractivity contribution in [3.05, 3.63) is 106 Å². The number of amides is 1. The van der Waals surface area contributed by atoms with Gasteiger partial charge in [0.05, 0.1) is 17.1 Å². The second-order valence-corrected chi connectivity index (χ2v) is 10.9. The average molecular weight is 519 g/mol. The van der Waals surface area contributed by atoms with Crippen molar-refractivity contribution in [2.45, 2.75) is 38.2 Å². The molecule has 190 valence electrons. The maximum atomic E-state index is 13.8. The number of carbonyl (C=O) groups excluding carboxylic acids is 1. The van der Waals surface area contributed by atoms with Crippen LogP contribution in [0.1, 0.15) is 40.7 Å². The molecule has 1 fully saturated rings. The Balaban J connectivity index is 1.01. The summed E-state index contributed by atoms with van der Waals surface area (Å²) in [5.74, 6) is 0.169. The molecule has 6 rings (SSSR count). The van der Waals surface area contributed by atoms with Gasteiger partial charge in [-0.3, -0.25) is 14.4 Å². The quantitative estimate of drug-likeness (QED) is 0.518. The molecule has 0 saturated carbocycles. The van der Waals surface area contributed by atoms with Gasteiger partial charge in [-0.2, -0.15) is 0 Å². The molecule has 3 aromatic carbocycles. The number of ether oxygens (including phenoxy) is 2. The van der Waals surface area contributed by atoms with Crippen LogP contribution in [0.3, 0.4) is 0 Å². The number of nitrogens with zero attached hydrogens (tertiary/aromatic N) is 1. The van der Waals surface area contributed by atoms with Crippen LogP contribution in [0.5, 0.6) is 5.75 Å². The minimum atomic E-state index is -1.50. The van der Waals surface area contributed by atoms with Gasteiger partial charge in [-0.25, -0.2) is 8.60 Å². The zero-order valence-corrected chi connectivity index (χ0v) is 21.1. The first-order chi connectivity index (χ1) is 18.0. The predicted molar refractivity (Wildman–Crippen MR) is 139 cm³/mol. The summed E-state index contributed by atoms with van der Waals surface area (Å²) >= 11 is 0. The highest BCUT2D eigenvalue weighted by Crippen LogP contribution is 2.44. The fraction of sp³-hybridized carbons (Fsp3) is 0.276. The monoisotopic (exact) mass is 518 g/mol. The molecule has 0 aliphatic carbocycles. The minimum absolute atomic E-state index is 0.193. The van der Waals surface area contributed by atoms with E-state index >= 15 is 0 Å². The highest BCUT2D eigenvalue weighted by Gasteiger charge is 2.42. The normalized spacial score (nSPS) is 20.5. The lowest BCUT2D eigenvalue weighted by atomic mass is 9.83. The van der Waals surface area contributed by atoms with E-state index in [2.05, 4.69) is 33.9 Å². The van der Waals surface area contributed by atoms with Gasteiger partial charge in [0.2, 0.25) is 0 Å². The Bertz CT molecular complexity index is 1380. The first-order valence-corrected chi connectivity index (χ1v) is 13.5. The fourth-order valence-electron chi connectivity index (χ4n) is 5.30. The summed E-state index contributed by atoms with van der Waals surface area (Å²) in [6.07, 6.45) is 3.10. The predicted octanol–water partition coefficient (Wildman–Crippen LogP) is 4.56. The third kappa shape index (κ3) is 4.97. The van der Waals surface area contributed by atoms with Crippen molar-refractivity contribution in [1.29, 1.82) is 0 Å². The number of fused-ring (bicyclic) bond motifs is 2. The van der Waals surface area contributed by atoms with E-state index < -0.39 is 11.0 Å². The van der Waals surface area contributed by atoms with E-state index in [4.69, 9.17) is 9.47 Å². The summed E-state index contributed by atoms with van der Waals surface area (Å²) in [7, 11) is -1.50. The van der Waals surface area contributed by atoms with Gasteiger partial charge in [0.25, 0.3) is 5.91 Å². The van der Waals surface area contributed by atoms with Crippen LogP contribution in [0.25, 0.3) is 4.91 Å². The number of piperidine rings is 1. The number of halogens is 1. The Labute approximate surface area is 217 Å². The van der Waals surface area contributed by atoms with Gasteiger partial charge in [0.1, 0.15) is 18.2 Å². The number of hydrogen-bond donors (Lipinski definition) is 1. The summed E-state index contributed by atoms with van der Waals surface area (Å²) in [6.45, 7) is 3.69. The third-order valence-corrected chi connectivity index (χ3v) is 8.50. The molecule has 3 aliphatic heterocycles. The summed E-state index contributed by atoms with van der Waals surface area (Å²) in [4.78, 5) is 14.3. The van der Waals surface area contributed by atoms with Crippen LogP contribution in [0.15, 0.2) is 72.8 Å². The smallest absolute Gasteiger partial charge is 0.257 e. The van der Waals surface area contributed by atoms with E-state index in [1.165, 1.54) is 17.7 Å². The molecule has 1 unspecified atom stereocenters. The lowest BCUT2D eigenvalue weighted by Gasteiger charge is -2.39. The Morgan fingerprint density at radius 3 is 2.43 bits per heavy atom. The molecule has 37 heavy (non-hydrogen) atoms. The highest BCUT2D eigenvalue weighted by atomic mass is 32.2. The largest absolute Gasteiger partial charge is 0.489 e. The minimum Gasteiger partial charge on any atom is -0.489 e. The van der Waals surface area contributed by atoms with Crippen LogP contribution < -0.4 is 9.46 Å². The summed E-state index contributed by atoms with van der Waals surface area (Å²) in [5, 5.41) is 0. The SMILES string of the molecule is O=C1C=C(c2ccc(OCc3ccc(CN4CCC5(CC4)OCc4ccc(F)cc45)cc3)cc2)S(=O)N1. The summed E-state index contributed by atoms with van der Waals surface area (Å²) in [6, 6.07) is 20.7. The molecule has 1 saturated heterocycles. The Kier molecular flexibility index (Phi) is 6.40. The average Bonchev–Trinajstić information content (AvgIpc) is 3.44. The molecule has 3 heterocycles. The molecular formula is C29H27FN2O4S. The van der Waals surface area contributed by atoms with Crippen LogP contribution in [-0.4, -0.2) is 28.1 Å². The topological polar surface area (TPSA) is 67.9 Å². The molecule has 1 atom stereocenters. The lowest BCUT2D eigenvalue weighted by Crippen LogP contribution is -2.42. The van der Waals surface area contributed by atoms with Crippen molar-refractivity contribution in [2.75, 3.05) is 13.1 Å². The molecule has 0 aromatic heterocycles. The molecule has 1 N–H and O–H groups in total. The standard InChI is InChI=1S/C29H27FN2O4S/c30-24-8-5-23-19-36-29(26(23)15-24)11-13-32(14-12-29)17-20-1-3-21(4-2-20)18-35-25-9-6-22(7-10-25)27-16-28(33)31-37(27)34/h1-10,15-16H,11-14,17-19H2,(H,31,33). The van der Waals surface area contributed by atoms with Crippen molar-refractivity contribution < 1.29 is 22.9 Å². The van der Waals surface area contributed by atoms with E-state index in [-0.39, 0.29) is 17.3 Å². The Hall–Kier alpha value is -3.33. The van der Waals surface area contributed by atoms with Crippen molar-refractivity contribution in [1.82, 2.24) is 9.62 Å². The van der Waals surface area contributed by atoms with Gasteiger partial charge >= 0.3 is 0 Å². The van der Waals surface area contributed by atoms with E-state index in [9.17, 15) is 13.4 Å². The Morgan fingerprint density at radius 1 is 1.00 bits per heavy atom. The molecule has 0 bridgehead atoms. The fourth-order valence-corrected chi connectivity index (χ4v) is 6.21. The number of rotatable bonds is 6. The number of carbonyl (C=O) groups is 1. The second-order valence-electron chi connectivity index (χ2n) is 9.73. The summed E-state index contributed by atoms with van der Waals surface area (Å²) < 4.78 is 40.2. The van der Waals surface area contributed by atoms with E-state index in [0.29, 0.717) is 23.9 Å². The van der Waals surface area contributed by atoms with Gasteiger partial charge in [-0.15, -0.1) is 0 Å². The van der Waals surface area contributed by atoms with Crippen LogP contribution in [-0.2, 0) is 45.9 Å². The van der Waals surface area contributed by atoms with E-state index in [1.54, 1.807) is 18.2 Å². The molecule has 3 aromatic rings. The van der Waals surface area contributed by atoms with Gasteiger partial charge in [-0.1, -0.05) is 42.5 Å². The molecule has 6 nitrogen and oxygen atoms in total.